The number of rotatable bonds is 6. The Kier molecular flexibility index (Phi) is 5.04. The van der Waals surface area contributed by atoms with Gasteiger partial charge in [-0.1, -0.05) is 0 Å². The Morgan fingerprint density at radius 3 is 2.29 bits per heavy atom. The highest BCUT2D eigenvalue weighted by Gasteiger charge is 2.32. The normalized spacial score (nSPS) is 15.9. The van der Waals surface area contributed by atoms with Crippen molar-refractivity contribution in [2.45, 2.75) is 32.4 Å². The number of carbonyl (C=O) groups is 1. The number of hydrogen-bond donors (Lipinski definition) is 3. The third-order valence-electron chi connectivity index (χ3n) is 2.09. The smallest absolute Gasteiger partial charge is 0.336 e. The van der Waals surface area contributed by atoms with Crippen LogP contribution in [-0.4, -0.2) is 57.5 Å². The third kappa shape index (κ3) is 4.04. The maximum atomic E-state index is 10.6. The summed E-state index contributed by atoms with van der Waals surface area (Å²) in [4.78, 5) is 12.4. The summed E-state index contributed by atoms with van der Waals surface area (Å²) in [5.74, 6) is -1.25. The molecule has 0 rings (SSSR count). The van der Waals surface area contributed by atoms with Crippen LogP contribution >= 0.6 is 0 Å². The predicted octanol–water partition coefficient (Wildman–Crippen LogP) is -0.475. The van der Waals surface area contributed by atoms with Gasteiger partial charge in [0.05, 0.1) is 6.61 Å². The van der Waals surface area contributed by atoms with Gasteiger partial charge < -0.3 is 15.3 Å². The van der Waals surface area contributed by atoms with Gasteiger partial charge in [0.1, 0.15) is 0 Å². The van der Waals surface area contributed by atoms with Gasteiger partial charge in [-0.2, -0.15) is 0 Å². The van der Waals surface area contributed by atoms with E-state index in [0.29, 0.717) is 6.54 Å². The van der Waals surface area contributed by atoms with Gasteiger partial charge in [0, 0.05) is 19.1 Å². The quantitative estimate of drug-likeness (QED) is 0.546. The van der Waals surface area contributed by atoms with Crippen LogP contribution in [0.3, 0.4) is 0 Å². The lowest BCUT2D eigenvalue weighted by atomic mass is 10.1. The van der Waals surface area contributed by atoms with Crippen LogP contribution in [-0.2, 0) is 4.79 Å². The molecule has 1 unspecified atom stereocenters. The second-order valence-electron chi connectivity index (χ2n) is 3.87. The van der Waals surface area contributed by atoms with Gasteiger partial charge in [0.25, 0.3) is 0 Å². The average Bonchev–Trinajstić information content (AvgIpc) is 2.02. The molecule has 1 atom stereocenters. The maximum Gasteiger partial charge on any atom is 0.336 e. The van der Waals surface area contributed by atoms with Crippen LogP contribution in [0.25, 0.3) is 0 Å². The van der Waals surface area contributed by atoms with Gasteiger partial charge in [-0.15, -0.1) is 0 Å². The lowest BCUT2D eigenvalue weighted by molar-refractivity contribution is -0.159. The zero-order valence-electron chi connectivity index (χ0n) is 8.90. The van der Waals surface area contributed by atoms with Crippen LogP contribution in [0, 0.1) is 0 Å². The molecule has 0 amide bonds. The van der Waals surface area contributed by atoms with Crippen molar-refractivity contribution in [2.24, 2.45) is 0 Å². The molecule has 5 nitrogen and oxygen atoms in total. The molecular formula is C9H19NO4. The summed E-state index contributed by atoms with van der Waals surface area (Å²) in [6.45, 7) is 5.35. The summed E-state index contributed by atoms with van der Waals surface area (Å²) >= 11 is 0. The van der Waals surface area contributed by atoms with E-state index >= 15 is 0 Å². The molecule has 0 fully saturated rings. The highest BCUT2D eigenvalue weighted by molar-refractivity contribution is 5.76. The van der Waals surface area contributed by atoms with Crippen LogP contribution in [0.4, 0.5) is 0 Å². The minimum atomic E-state index is -1.76. The fourth-order valence-corrected chi connectivity index (χ4v) is 1.11. The van der Waals surface area contributed by atoms with Gasteiger partial charge in [-0.3, -0.25) is 4.90 Å². The van der Waals surface area contributed by atoms with Crippen molar-refractivity contribution in [2.75, 3.05) is 19.7 Å². The molecule has 0 aliphatic carbocycles. The van der Waals surface area contributed by atoms with E-state index < -0.39 is 11.6 Å². The van der Waals surface area contributed by atoms with Crippen molar-refractivity contribution < 1.29 is 20.1 Å². The maximum absolute atomic E-state index is 10.6. The largest absolute Gasteiger partial charge is 0.479 e. The van der Waals surface area contributed by atoms with Crippen LogP contribution in [0.2, 0.25) is 0 Å². The zero-order valence-corrected chi connectivity index (χ0v) is 8.90. The lowest BCUT2D eigenvalue weighted by Gasteiger charge is -2.31. The summed E-state index contributed by atoms with van der Waals surface area (Å²) in [6.07, 6.45) is 0. The second-order valence-corrected chi connectivity index (χ2v) is 3.87. The van der Waals surface area contributed by atoms with Gasteiger partial charge in [-0.25, -0.2) is 4.79 Å². The summed E-state index contributed by atoms with van der Waals surface area (Å²) < 4.78 is 0. The molecule has 3 N–H and O–H groups in total. The molecule has 0 aliphatic rings. The summed E-state index contributed by atoms with van der Waals surface area (Å²) in [5, 5.41) is 27.0. The highest BCUT2D eigenvalue weighted by atomic mass is 16.4. The fourth-order valence-electron chi connectivity index (χ4n) is 1.11. The van der Waals surface area contributed by atoms with Crippen molar-refractivity contribution >= 4 is 5.97 Å². The van der Waals surface area contributed by atoms with Crippen molar-refractivity contribution in [3.05, 3.63) is 0 Å². The highest BCUT2D eigenvalue weighted by Crippen LogP contribution is 2.09. The predicted molar refractivity (Wildman–Crippen MR) is 52.1 cm³/mol. The zero-order chi connectivity index (χ0) is 11.4. The number of aliphatic carboxylic acids is 1. The van der Waals surface area contributed by atoms with E-state index in [1.165, 1.54) is 6.92 Å². The molecule has 0 spiro atoms. The monoisotopic (exact) mass is 205 g/mol. The Balaban J connectivity index is 4.35. The number of aliphatic hydroxyl groups is 2. The number of carboxylic acid groups (broad SMARTS) is 1. The Hall–Kier alpha value is -0.650. The van der Waals surface area contributed by atoms with Crippen molar-refractivity contribution in [3.63, 3.8) is 0 Å². The molecular weight excluding hydrogens is 186 g/mol. The summed E-state index contributed by atoms with van der Waals surface area (Å²) in [6, 6.07) is 0.0907. The molecule has 5 heteroatoms. The Labute approximate surface area is 84.0 Å². The van der Waals surface area contributed by atoms with E-state index in [0.717, 1.165) is 0 Å². The van der Waals surface area contributed by atoms with Crippen LogP contribution < -0.4 is 0 Å². The van der Waals surface area contributed by atoms with Crippen LogP contribution in [0.1, 0.15) is 20.8 Å². The SMILES string of the molecule is CC(C)N(CCO)CC(C)(O)C(=O)O. The van der Waals surface area contributed by atoms with Crippen molar-refractivity contribution in [1.82, 2.24) is 4.90 Å². The molecule has 0 bridgehead atoms. The Morgan fingerprint density at radius 2 is 2.00 bits per heavy atom. The Morgan fingerprint density at radius 1 is 1.50 bits per heavy atom. The first-order valence-electron chi connectivity index (χ1n) is 4.62. The first-order chi connectivity index (χ1) is 6.31. The first kappa shape index (κ1) is 13.4. The standard InChI is InChI=1S/C9H19NO4/c1-7(2)10(4-5-11)6-9(3,14)8(12)13/h7,11,14H,4-6H2,1-3H3,(H,12,13). The second kappa shape index (κ2) is 5.29. The number of hydrogen-bond acceptors (Lipinski definition) is 4. The van der Waals surface area contributed by atoms with Crippen molar-refractivity contribution in [3.8, 4) is 0 Å². The molecule has 0 aliphatic heterocycles. The molecule has 0 aromatic rings. The van der Waals surface area contributed by atoms with Crippen LogP contribution in [0.5, 0.6) is 0 Å². The van der Waals surface area contributed by atoms with E-state index in [9.17, 15) is 9.90 Å². The van der Waals surface area contributed by atoms with E-state index in [1.807, 2.05) is 13.8 Å². The van der Waals surface area contributed by atoms with E-state index in [1.54, 1.807) is 4.90 Å². The molecule has 0 saturated carbocycles. The molecule has 0 radical (unpaired) electrons. The molecule has 0 heterocycles. The fraction of sp³-hybridized carbons (Fsp3) is 0.889. The molecule has 14 heavy (non-hydrogen) atoms. The van der Waals surface area contributed by atoms with E-state index in [-0.39, 0.29) is 19.2 Å². The number of carboxylic acids is 1. The van der Waals surface area contributed by atoms with Gasteiger partial charge in [0.15, 0.2) is 5.60 Å². The van der Waals surface area contributed by atoms with E-state index in [4.69, 9.17) is 10.2 Å². The summed E-state index contributed by atoms with van der Waals surface area (Å²) in [5.41, 5.74) is -1.76. The first-order valence-corrected chi connectivity index (χ1v) is 4.62. The molecule has 0 aromatic heterocycles. The topological polar surface area (TPSA) is 81.0 Å². The lowest BCUT2D eigenvalue weighted by Crippen LogP contribution is -2.49. The number of nitrogens with zero attached hydrogens (tertiary/aromatic N) is 1. The minimum Gasteiger partial charge on any atom is -0.479 e. The van der Waals surface area contributed by atoms with Crippen LogP contribution in [0.15, 0.2) is 0 Å². The Bertz CT molecular complexity index is 191. The third-order valence-corrected chi connectivity index (χ3v) is 2.09. The summed E-state index contributed by atoms with van der Waals surface area (Å²) in [7, 11) is 0. The van der Waals surface area contributed by atoms with Gasteiger partial charge in [0.2, 0.25) is 0 Å². The van der Waals surface area contributed by atoms with Crippen molar-refractivity contribution in [1.29, 1.82) is 0 Å². The van der Waals surface area contributed by atoms with Gasteiger partial charge in [-0.05, 0) is 20.8 Å². The minimum absolute atomic E-state index is 0.0144. The molecule has 84 valence electrons. The average molecular weight is 205 g/mol. The van der Waals surface area contributed by atoms with E-state index in [2.05, 4.69) is 0 Å². The molecule has 0 saturated heterocycles. The number of aliphatic hydroxyl groups excluding tert-OH is 1. The van der Waals surface area contributed by atoms with Gasteiger partial charge >= 0.3 is 5.97 Å². The molecule has 0 aromatic carbocycles.